The second-order valence-electron chi connectivity index (χ2n) is 4.10. The smallest absolute Gasteiger partial charge is 0.320 e. The highest BCUT2D eigenvalue weighted by Crippen LogP contribution is 2.09. The van der Waals surface area contributed by atoms with Crippen molar-refractivity contribution in [2.45, 2.75) is 13.5 Å². The predicted octanol–water partition coefficient (Wildman–Crippen LogP) is 3.37. The van der Waals surface area contributed by atoms with E-state index in [2.05, 4.69) is 15.6 Å². The molecule has 1 heterocycles. The van der Waals surface area contributed by atoms with E-state index in [-0.39, 0.29) is 6.03 Å². The van der Waals surface area contributed by atoms with Crippen molar-refractivity contribution in [2.75, 3.05) is 5.32 Å². The van der Waals surface area contributed by atoms with E-state index in [0.717, 1.165) is 11.3 Å². The zero-order chi connectivity index (χ0) is 13.7. The molecule has 0 unspecified atom stereocenters. The van der Waals surface area contributed by atoms with Crippen LogP contribution in [0.15, 0.2) is 42.5 Å². The van der Waals surface area contributed by atoms with Crippen molar-refractivity contribution >= 4 is 23.4 Å². The number of halogens is 1. The number of nitrogens with zero attached hydrogens (tertiary/aromatic N) is 1. The van der Waals surface area contributed by atoms with Crippen molar-refractivity contribution in [3.63, 3.8) is 0 Å². The topological polar surface area (TPSA) is 54.0 Å². The lowest BCUT2D eigenvalue weighted by atomic mass is 10.2. The molecule has 0 saturated carbocycles. The van der Waals surface area contributed by atoms with Crippen molar-refractivity contribution in [3.05, 3.63) is 58.7 Å². The maximum absolute atomic E-state index is 11.7. The molecule has 0 fully saturated rings. The van der Waals surface area contributed by atoms with E-state index < -0.39 is 0 Å². The molecule has 2 N–H and O–H groups in total. The molecule has 0 spiro atoms. The molecule has 98 valence electrons. The normalized spacial score (nSPS) is 10.0. The molecule has 2 rings (SSSR count). The van der Waals surface area contributed by atoms with Gasteiger partial charge >= 0.3 is 6.03 Å². The third-order valence-electron chi connectivity index (χ3n) is 2.50. The highest BCUT2D eigenvalue weighted by atomic mass is 35.5. The standard InChI is InChI=1S/C14H14ClN3O/c1-10-3-2-4-13(17-10)18-14(19)16-9-11-5-7-12(15)8-6-11/h2-8H,9H2,1H3,(H2,16,17,18,19). The summed E-state index contributed by atoms with van der Waals surface area (Å²) in [4.78, 5) is 15.9. The minimum Gasteiger partial charge on any atom is -0.334 e. The van der Waals surface area contributed by atoms with Crippen LogP contribution in [-0.4, -0.2) is 11.0 Å². The number of hydrogen-bond acceptors (Lipinski definition) is 2. The maximum atomic E-state index is 11.7. The van der Waals surface area contributed by atoms with E-state index in [1.165, 1.54) is 0 Å². The van der Waals surface area contributed by atoms with Crippen LogP contribution in [0, 0.1) is 6.92 Å². The molecule has 5 heteroatoms. The number of aromatic nitrogens is 1. The zero-order valence-corrected chi connectivity index (χ0v) is 11.2. The van der Waals surface area contributed by atoms with Gasteiger partial charge in [0, 0.05) is 17.3 Å². The van der Waals surface area contributed by atoms with Crippen molar-refractivity contribution in [1.29, 1.82) is 0 Å². The van der Waals surface area contributed by atoms with Crippen LogP contribution in [0.3, 0.4) is 0 Å². The quantitative estimate of drug-likeness (QED) is 0.902. The molecule has 4 nitrogen and oxygen atoms in total. The minimum atomic E-state index is -0.284. The van der Waals surface area contributed by atoms with Gasteiger partial charge in [-0.05, 0) is 36.8 Å². The predicted molar refractivity (Wildman–Crippen MR) is 76.3 cm³/mol. The average Bonchev–Trinajstić information content (AvgIpc) is 2.38. The van der Waals surface area contributed by atoms with Crippen LogP contribution in [-0.2, 0) is 6.54 Å². The molecule has 1 aromatic heterocycles. The summed E-state index contributed by atoms with van der Waals surface area (Å²) in [5, 5.41) is 6.11. The van der Waals surface area contributed by atoms with Crippen molar-refractivity contribution < 1.29 is 4.79 Å². The third kappa shape index (κ3) is 4.26. The first kappa shape index (κ1) is 13.4. The Bertz CT molecular complexity index is 569. The van der Waals surface area contributed by atoms with Gasteiger partial charge < -0.3 is 5.32 Å². The molecule has 0 saturated heterocycles. The fraction of sp³-hybridized carbons (Fsp3) is 0.143. The summed E-state index contributed by atoms with van der Waals surface area (Å²) in [5.41, 5.74) is 1.84. The van der Waals surface area contributed by atoms with Gasteiger partial charge in [0.15, 0.2) is 0 Å². The number of nitrogens with one attached hydrogen (secondary N) is 2. The summed E-state index contributed by atoms with van der Waals surface area (Å²) in [6.07, 6.45) is 0. The molecule has 1 aromatic carbocycles. The zero-order valence-electron chi connectivity index (χ0n) is 10.5. The summed E-state index contributed by atoms with van der Waals surface area (Å²) in [6, 6.07) is 12.5. The lowest BCUT2D eigenvalue weighted by molar-refractivity contribution is 0.251. The average molecular weight is 276 g/mol. The van der Waals surface area contributed by atoms with Crippen molar-refractivity contribution in [3.8, 4) is 0 Å². The number of pyridine rings is 1. The lowest BCUT2D eigenvalue weighted by Crippen LogP contribution is -2.28. The summed E-state index contributed by atoms with van der Waals surface area (Å²) in [6.45, 7) is 2.31. The number of urea groups is 1. The molecule has 2 aromatic rings. The lowest BCUT2D eigenvalue weighted by Gasteiger charge is -2.07. The first-order chi connectivity index (χ1) is 9.13. The van der Waals surface area contributed by atoms with Crippen LogP contribution >= 0.6 is 11.6 Å². The monoisotopic (exact) mass is 275 g/mol. The van der Waals surface area contributed by atoms with Gasteiger partial charge in [-0.15, -0.1) is 0 Å². The van der Waals surface area contributed by atoms with Crippen LogP contribution in [0.1, 0.15) is 11.3 Å². The van der Waals surface area contributed by atoms with E-state index in [9.17, 15) is 4.79 Å². The fourth-order valence-electron chi connectivity index (χ4n) is 1.56. The highest BCUT2D eigenvalue weighted by molar-refractivity contribution is 6.30. The van der Waals surface area contributed by atoms with E-state index in [1.54, 1.807) is 18.2 Å². The Morgan fingerprint density at radius 2 is 1.95 bits per heavy atom. The molecule has 0 aliphatic heterocycles. The molecule has 19 heavy (non-hydrogen) atoms. The van der Waals surface area contributed by atoms with Crippen LogP contribution in [0.2, 0.25) is 5.02 Å². The Labute approximate surface area is 116 Å². The SMILES string of the molecule is Cc1cccc(NC(=O)NCc2ccc(Cl)cc2)n1. The van der Waals surface area contributed by atoms with E-state index in [4.69, 9.17) is 11.6 Å². The second-order valence-corrected chi connectivity index (χ2v) is 4.53. The number of hydrogen-bond donors (Lipinski definition) is 2. The largest absolute Gasteiger partial charge is 0.334 e. The van der Waals surface area contributed by atoms with Gasteiger partial charge in [0.05, 0.1) is 0 Å². The van der Waals surface area contributed by atoms with Gasteiger partial charge in [-0.1, -0.05) is 29.8 Å². The van der Waals surface area contributed by atoms with Crippen LogP contribution in [0.4, 0.5) is 10.6 Å². The summed E-state index contributed by atoms with van der Waals surface area (Å²) >= 11 is 5.79. The molecule has 0 radical (unpaired) electrons. The summed E-state index contributed by atoms with van der Waals surface area (Å²) < 4.78 is 0. The minimum absolute atomic E-state index is 0.284. The highest BCUT2D eigenvalue weighted by Gasteiger charge is 2.02. The number of aryl methyl sites for hydroxylation is 1. The van der Waals surface area contributed by atoms with Gasteiger partial charge in [0.1, 0.15) is 5.82 Å². The Morgan fingerprint density at radius 3 is 2.63 bits per heavy atom. The molecular weight excluding hydrogens is 262 g/mol. The van der Waals surface area contributed by atoms with Crippen LogP contribution in [0.5, 0.6) is 0 Å². The number of anilines is 1. The van der Waals surface area contributed by atoms with E-state index in [0.29, 0.717) is 17.4 Å². The fourth-order valence-corrected chi connectivity index (χ4v) is 1.68. The molecule has 0 aliphatic carbocycles. The molecule has 0 atom stereocenters. The maximum Gasteiger partial charge on any atom is 0.320 e. The van der Waals surface area contributed by atoms with Gasteiger partial charge in [0.25, 0.3) is 0 Å². The Morgan fingerprint density at radius 1 is 1.21 bits per heavy atom. The van der Waals surface area contributed by atoms with Crippen LogP contribution in [0.25, 0.3) is 0 Å². The van der Waals surface area contributed by atoms with Gasteiger partial charge in [-0.2, -0.15) is 0 Å². The molecule has 0 bridgehead atoms. The summed E-state index contributed by atoms with van der Waals surface area (Å²) in [5.74, 6) is 0.536. The Hall–Kier alpha value is -2.07. The number of benzene rings is 1. The Kier molecular flexibility index (Phi) is 4.36. The molecule has 2 amide bonds. The van der Waals surface area contributed by atoms with E-state index >= 15 is 0 Å². The van der Waals surface area contributed by atoms with Crippen molar-refractivity contribution in [2.24, 2.45) is 0 Å². The number of amides is 2. The first-order valence-electron chi connectivity index (χ1n) is 5.86. The second kappa shape index (κ2) is 6.20. The number of carbonyl (C=O) groups is 1. The Balaban J connectivity index is 1.86. The molecule has 0 aliphatic rings. The number of rotatable bonds is 3. The van der Waals surface area contributed by atoms with E-state index in [1.807, 2.05) is 31.2 Å². The van der Waals surface area contributed by atoms with Gasteiger partial charge in [0.2, 0.25) is 0 Å². The summed E-state index contributed by atoms with van der Waals surface area (Å²) in [7, 11) is 0. The van der Waals surface area contributed by atoms with Crippen LogP contribution < -0.4 is 10.6 Å². The van der Waals surface area contributed by atoms with Crippen molar-refractivity contribution in [1.82, 2.24) is 10.3 Å². The number of carbonyl (C=O) groups excluding carboxylic acids is 1. The van der Waals surface area contributed by atoms with Gasteiger partial charge in [-0.3, -0.25) is 5.32 Å². The third-order valence-corrected chi connectivity index (χ3v) is 2.75. The van der Waals surface area contributed by atoms with Gasteiger partial charge in [-0.25, -0.2) is 9.78 Å². The molecular formula is C14H14ClN3O. The first-order valence-corrected chi connectivity index (χ1v) is 6.24.